The molecule has 0 saturated heterocycles. The number of nitrogens with one attached hydrogen (secondary N) is 1. The second-order valence-electron chi connectivity index (χ2n) is 4.47. The molecule has 1 nitrogen and oxygen atoms in total. The molecule has 0 bridgehead atoms. The number of hydrogen-bond acceptors (Lipinski definition) is 1. The predicted octanol–water partition coefficient (Wildman–Crippen LogP) is 4.44. The summed E-state index contributed by atoms with van der Waals surface area (Å²) in [6.45, 7) is 3.63. The summed E-state index contributed by atoms with van der Waals surface area (Å²) >= 11 is 3.16. The zero-order valence-electron chi connectivity index (χ0n) is 10.9. The first kappa shape index (κ1) is 14.2. The van der Waals surface area contributed by atoms with Gasteiger partial charge in [-0.3, -0.25) is 0 Å². The standard InChI is InChI=1S/C16H17BrFN/c1-2-13-5-3-4-6-14(13)11-19-10-12-7-8-15(17)16(18)9-12/h3-9,19H,2,10-11H2,1H3. The topological polar surface area (TPSA) is 12.0 Å². The molecule has 0 amide bonds. The highest BCUT2D eigenvalue weighted by Crippen LogP contribution is 2.16. The Labute approximate surface area is 122 Å². The van der Waals surface area contributed by atoms with E-state index in [0.29, 0.717) is 11.0 Å². The third kappa shape index (κ3) is 3.88. The average molecular weight is 322 g/mol. The van der Waals surface area contributed by atoms with Gasteiger partial charge in [0.05, 0.1) is 4.47 Å². The van der Waals surface area contributed by atoms with Gasteiger partial charge in [0.2, 0.25) is 0 Å². The van der Waals surface area contributed by atoms with Crippen molar-refractivity contribution >= 4 is 15.9 Å². The summed E-state index contributed by atoms with van der Waals surface area (Å²) in [4.78, 5) is 0. The van der Waals surface area contributed by atoms with E-state index in [4.69, 9.17) is 0 Å². The van der Waals surface area contributed by atoms with E-state index >= 15 is 0 Å². The average Bonchev–Trinajstić information content (AvgIpc) is 2.43. The van der Waals surface area contributed by atoms with E-state index in [2.05, 4.69) is 52.4 Å². The van der Waals surface area contributed by atoms with Crippen LogP contribution in [-0.4, -0.2) is 0 Å². The minimum Gasteiger partial charge on any atom is -0.309 e. The quantitative estimate of drug-likeness (QED) is 0.858. The number of benzene rings is 2. The molecule has 0 aliphatic rings. The lowest BCUT2D eigenvalue weighted by Crippen LogP contribution is -2.14. The molecule has 100 valence electrons. The molecule has 0 radical (unpaired) electrons. The first-order valence-electron chi connectivity index (χ1n) is 6.42. The van der Waals surface area contributed by atoms with Gasteiger partial charge in [-0.25, -0.2) is 4.39 Å². The molecule has 2 rings (SSSR count). The summed E-state index contributed by atoms with van der Waals surface area (Å²) in [7, 11) is 0. The molecule has 0 aromatic heterocycles. The van der Waals surface area contributed by atoms with Crippen LogP contribution >= 0.6 is 15.9 Å². The van der Waals surface area contributed by atoms with E-state index < -0.39 is 0 Å². The van der Waals surface area contributed by atoms with Crippen molar-refractivity contribution in [2.24, 2.45) is 0 Å². The minimum atomic E-state index is -0.215. The van der Waals surface area contributed by atoms with E-state index in [1.54, 1.807) is 12.1 Å². The molecule has 2 aromatic carbocycles. The van der Waals surface area contributed by atoms with Crippen molar-refractivity contribution in [3.8, 4) is 0 Å². The summed E-state index contributed by atoms with van der Waals surface area (Å²) in [5, 5.41) is 3.36. The monoisotopic (exact) mass is 321 g/mol. The Morgan fingerprint density at radius 3 is 2.47 bits per heavy atom. The SMILES string of the molecule is CCc1ccccc1CNCc1ccc(Br)c(F)c1. The van der Waals surface area contributed by atoms with Crippen LogP contribution in [0.15, 0.2) is 46.9 Å². The molecule has 0 fully saturated rings. The van der Waals surface area contributed by atoms with Crippen LogP contribution in [0.5, 0.6) is 0 Å². The van der Waals surface area contributed by atoms with Crippen LogP contribution in [0.1, 0.15) is 23.6 Å². The molecule has 0 unspecified atom stereocenters. The maximum atomic E-state index is 13.4. The van der Waals surface area contributed by atoms with Gasteiger partial charge in [-0.2, -0.15) is 0 Å². The minimum absolute atomic E-state index is 0.215. The van der Waals surface area contributed by atoms with Gasteiger partial charge in [0.1, 0.15) is 5.82 Å². The fraction of sp³-hybridized carbons (Fsp3) is 0.250. The van der Waals surface area contributed by atoms with Crippen LogP contribution in [0.3, 0.4) is 0 Å². The van der Waals surface area contributed by atoms with Gasteiger partial charge in [0, 0.05) is 13.1 Å². The maximum Gasteiger partial charge on any atom is 0.137 e. The van der Waals surface area contributed by atoms with Crippen molar-refractivity contribution in [1.82, 2.24) is 5.32 Å². The van der Waals surface area contributed by atoms with Crippen molar-refractivity contribution < 1.29 is 4.39 Å². The number of rotatable bonds is 5. The summed E-state index contributed by atoms with van der Waals surface area (Å²) < 4.78 is 13.9. The highest BCUT2D eigenvalue weighted by molar-refractivity contribution is 9.10. The lowest BCUT2D eigenvalue weighted by atomic mass is 10.1. The van der Waals surface area contributed by atoms with Crippen LogP contribution in [0, 0.1) is 5.82 Å². The van der Waals surface area contributed by atoms with Crippen molar-refractivity contribution in [3.05, 3.63) is 69.4 Å². The fourth-order valence-electron chi connectivity index (χ4n) is 2.07. The van der Waals surface area contributed by atoms with Crippen LogP contribution in [0.4, 0.5) is 4.39 Å². The van der Waals surface area contributed by atoms with Crippen LogP contribution in [-0.2, 0) is 19.5 Å². The summed E-state index contributed by atoms with van der Waals surface area (Å²) in [6, 6.07) is 13.6. The van der Waals surface area contributed by atoms with Crippen LogP contribution in [0.25, 0.3) is 0 Å². The summed E-state index contributed by atoms with van der Waals surface area (Å²) in [5.41, 5.74) is 3.62. The molecule has 0 spiro atoms. The molecule has 0 saturated carbocycles. The predicted molar refractivity (Wildman–Crippen MR) is 80.5 cm³/mol. The Hall–Kier alpha value is -1.19. The smallest absolute Gasteiger partial charge is 0.137 e. The second kappa shape index (κ2) is 6.83. The molecule has 0 aliphatic carbocycles. The third-order valence-electron chi connectivity index (χ3n) is 3.13. The van der Waals surface area contributed by atoms with E-state index in [1.807, 2.05) is 6.07 Å². The van der Waals surface area contributed by atoms with E-state index in [0.717, 1.165) is 18.5 Å². The molecular weight excluding hydrogens is 305 g/mol. The molecule has 0 atom stereocenters. The number of hydrogen-bond donors (Lipinski definition) is 1. The Bertz CT molecular complexity index is 554. The Morgan fingerprint density at radius 1 is 1.05 bits per heavy atom. The summed E-state index contributed by atoms with van der Waals surface area (Å²) in [6.07, 6.45) is 1.03. The highest BCUT2D eigenvalue weighted by atomic mass is 79.9. The molecule has 19 heavy (non-hydrogen) atoms. The second-order valence-corrected chi connectivity index (χ2v) is 5.33. The zero-order chi connectivity index (χ0) is 13.7. The molecular formula is C16H17BrFN. The number of halogens is 2. The molecule has 0 heterocycles. The third-order valence-corrected chi connectivity index (χ3v) is 3.77. The van der Waals surface area contributed by atoms with Crippen LogP contribution in [0.2, 0.25) is 0 Å². The lowest BCUT2D eigenvalue weighted by molar-refractivity contribution is 0.613. The molecule has 3 heteroatoms. The highest BCUT2D eigenvalue weighted by Gasteiger charge is 2.02. The van der Waals surface area contributed by atoms with Gasteiger partial charge in [-0.05, 0) is 51.2 Å². The fourth-order valence-corrected chi connectivity index (χ4v) is 2.31. The van der Waals surface area contributed by atoms with Crippen LogP contribution < -0.4 is 5.32 Å². The first-order valence-corrected chi connectivity index (χ1v) is 7.21. The van der Waals surface area contributed by atoms with Crippen molar-refractivity contribution in [2.75, 3.05) is 0 Å². The maximum absolute atomic E-state index is 13.4. The van der Waals surface area contributed by atoms with Gasteiger partial charge < -0.3 is 5.32 Å². The van der Waals surface area contributed by atoms with Gasteiger partial charge >= 0.3 is 0 Å². The summed E-state index contributed by atoms with van der Waals surface area (Å²) in [5.74, 6) is -0.215. The Kier molecular flexibility index (Phi) is 5.11. The normalized spacial score (nSPS) is 10.7. The Morgan fingerprint density at radius 2 is 1.79 bits per heavy atom. The van der Waals surface area contributed by atoms with Crippen molar-refractivity contribution in [2.45, 2.75) is 26.4 Å². The van der Waals surface area contributed by atoms with E-state index in [-0.39, 0.29) is 5.82 Å². The lowest BCUT2D eigenvalue weighted by Gasteiger charge is -2.09. The molecule has 1 N–H and O–H groups in total. The van der Waals surface area contributed by atoms with E-state index in [9.17, 15) is 4.39 Å². The zero-order valence-corrected chi connectivity index (χ0v) is 12.5. The largest absolute Gasteiger partial charge is 0.309 e. The number of aryl methyl sites for hydroxylation is 1. The van der Waals surface area contributed by atoms with Gasteiger partial charge in [-0.1, -0.05) is 37.3 Å². The molecule has 2 aromatic rings. The van der Waals surface area contributed by atoms with Gasteiger partial charge in [0.25, 0.3) is 0 Å². The van der Waals surface area contributed by atoms with Crippen molar-refractivity contribution in [3.63, 3.8) is 0 Å². The first-order chi connectivity index (χ1) is 9.20. The molecule has 0 aliphatic heterocycles. The van der Waals surface area contributed by atoms with Gasteiger partial charge in [0.15, 0.2) is 0 Å². The van der Waals surface area contributed by atoms with Crippen molar-refractivity contribution in [1.29, 1.82) is 0 Å². The van der Waals surface area contributed by atoms with E-state index in [1.165, 1.54) is 11.1 Å². The Balaban J connectivity index is 1.94. The van der Waals surface area contributed by atoms with Gasteiger partial charge in [-0.15, -0.1) is 0 Å².